The van der Waals surface area contributed by atoms with Gasteiger partial charge in [0, 0.05) is 6.54 Å². The molecule has 1 amide bonds. The average Bonchev–Trinajstić information content (AvgIpc) is 3.25. The normalized spacial score (nSPS) is 20.3. The second-order valence-corrected chi connectivity index (χ2v) is 10.8. The zero-order chi connectivity index (χ0) is 27.1. The summed E-state index contributed by atoms with van der Waals surface area (Å²) in [6, 6.07) is 18.0. The summed E-state index contributed by atoms with van der Waals surface area (Å²) in [5.74, 6) is -0.354. The van der Waals surface area contributed by atoms with Crippen molar-refractivity contribution < 1.29 is 19.6 Å². The van der Waals surface area contributed by atoms with Gasteiger partial charge in [0.05, 0.1) is 17.2 Å². The Hall–Kier alpha value is -2.56. The van der Waals surface area contributed by atoms with Gasteiger partial charge in [-0.25, -0.2) is 5.43 Å². The number of rotatable bonds is 11. The molecule has 2 aromatic carbocycles. The second kappa shape index (κ2) is 14.2. The van der Waals surface area contributed by atoms with Crippen molar-refractivity contribution in [2.45, 2.75) is 51.5 Å². The molecule has 0 radical (unpaired) electrons. The molecule has 4 N–H and O–H groups in total. The van der Waals surface area contributed by atoms with Gasteiger partial charge >= 0.3 is 7.12 Å². The van der Waals surface area contributed by atoms with Gasteiger partial charge in [0.2, 0.25) is 5.91 Å². The third kappa shape index (κ3) is 8.22. The van der Waals surface area contributed by atoms with Crippen molar-refractivity contribution in [1.82, 2.24) is 20.7 Å². The summed E-state index contributed by atoms with van der Waals surface area (Å²) in [5.41, 5.74) is 5.83. The van der Waals surface area contributed by atoms with Crippen molar-refractivity contribution in [3.8, 4) is 5.75 Å². The summed E-state index contributed by atoms with van der Waals surface area (Å²) in [7, 11) is -1.63. The highest BCUT2D eigenvalue weighted by Crippen LogP contribution is 2.36. The van der Waals surface area contributed by atoms with E-state index in [0.717, 1.165) is 42.2 Å². The third-order valence-electron chi connectivity index (χ3n) is 7.38. The molecule has 1 fully saturated rings. The Bertz CT molecular complexity index is 1090. The molecule has 2 aliphatic heterocycles. The summed E-state index contributed by atoms with van der Waals surface area (Å²) < 4.78 is 6.13. The zero-order valence-corrected chi connectivity index (χ0v) is 24.0. The van der Waals surface area contributed by atoms with Crippen LogP contribution in [0.4, 0.5) is 0 Å². The molecule has 0 aliphatic carbocycles. The van der Waals surface area contributed by atoms with Gasteiger partial charge in [0.15, 0.2) is 0 Å². The van der Waals surface area contributed by atoms with Gasteiger partial charge in [-0.05, 0) is 68.1 Å². The molecule has 0 bridgehead atoms. The number of carbonyl (C=O) groups excluding carboxylic acids is 1. The molecule has 2 unspecified atom stereocenters. The maximum Gasteiger partial charge on any atom is 0.475 e. The van der Waals surface area contributed by atoms with Crippen molar-refractivity contribution in [2.75, 3.05) is 32.8 Å². The predicted octanol–water partition coefficient (Wildman–Crippen LogP) is 3.20. The highest BCUT2D eigenvalue weighted by atomic mass is 35.5. The lowest BCUT2D eigenvalue weighted by atomic mass is 9.73. The number of amides is 1. The molecule has 10 heteroatoms. The van der Waals surface area contributed by atoms with Gasteiger partial charge < -0.3 is 20.1 Å². The highest BCUT2D eigenvalue weighted by molar-refractivity contribution is 6.43. The van der Waals surface area contributed by atoms with E-state index in [4.69, 9.17) is 4.74 Å². The molecule has 1 saturated heterocycles. The standard InChI is InChI=1S/C29H41BN4O4.ClH/c1-22(2)28(30(36)37)31-27(35)21-34-26(23-11-6-4-7-12-23)20-29(3,32-34)24-13-10-14-25(19-24)38-18-17-33-15-8-5-9-16-33;/h4,6-7,10-14,19-20,22,28,32,36-37H,5,8-9,15-18,21H2,1-3H3,(H,31,35);1H. The number of benzene rings is 2. The number of nitrogens with one attached hydrogen (secondary N) is 2. The molecule has 0 saturated carbocycles. The molecule has 2 aliphatic rings. The summed E-state index contributed by atoms with van der Waals surface area (Å²) in [5, 5.41) is 24.0. The molecule has 2 heterocycles. The zero-order valence-electron chi connectivity index (χ0n) is 23.2. The van der Waals surface area contributed by atoms with E-state index >= 15 is 0 Å². The summed E-state index contributed by atoms with van der Waals surface area (Å²) >= 11 is 0. The van der Waals surface area contributed by atoms with Crippen molar-refractivity contribution in [3.63, 3.8) is 0 Å². The van der Waals surface area contributed by atoms with E-state index in [-0.39, 0.29) is 30.8 Å². The first-order valence-corrected chi connectivity index (χ1v) is 13.7. The van der Waals surface area contributed by atoms with Crippen LogP contribution in [0.2, 0.25) is 0 Å². The van der Waals surface area contributed by atoms with Crippen molar-refractivity contribution in [2.24, 2.45) is 5.92 Å². The topological polar surface area (TPSA) is 97.3 Å². The average molecular weight is 557 g/mol. The van der Waals surface area contributed by atoms with Crippen molar-refractivity contribution in [3.05, 3.63) is 71.8 Å². The molecule has 212 valence electrons. The summed E-state index contributed by atoms with van der Waals surface area (Å²) in [6.07, 6.45) is 5.98. The number of hydrogen-bond acceptors (Lipinski definition) is 7. The fourth-order valence-corrected chi connectivity index (χ4v) is 5.19. The number of nitrogens with zero attached hydrogens (tertiary/aromatic N) is 2. The SMILES string of the molecule is CC(C)C(NC(=O)CN1NC(C)(c2cccc(OCCN3CCCCC3)c2)C=C1c1ccccc1)B(O)O.Cl. The van der Waals surface area contributed by atoms with Crippen LogP contribution >= 0.6 is 12.4 Å². The van der Waals surface area contributed by atoms with E-state index < -0.39 is 18.6 Å². The fraction of sp³-hybridized carbons (Fsp3) is 0.483. The number of halogens is 1. The van der Waals surface area contributed by atoms with Gasteiger partial charge in [-0.3, -0.25) is 14.7 Å². The van der Waals surface area contributed by atoms with Crippen molar-refractivity contribution in [1.29, 1.82) is 0 Å². The van der Waals surface area contributed by atoms with Crippen LogP contribution in [-0.2, 0) is 10.3 Å². The Morgan fingerprint density at radius 1 is 1.10 bits per heavy atom. The first-order chi connectivity index (χ1) is 18.2. The van der Waals surface area contributed by atoms with Crippen LogP contribution in [0.25, 0.3) is 5.70 Å². The maximum absolute atomic E-state index is 13.0. The smallest absolute Gasteiger partial charge is 0.475 e. The third-order valence-corrected chi connectivity index (χ3v) is 7.38. The van der Waals surface area contributed by atoms with E-state index in [1.54, 1.807) is 0 Å². The van der Waals surface area contributed by atoms with Crippen LogP contribution in [0.3, 0.4) is 0 Å². The monoisotopic (exact) mass is 556 g/mol. The molecule has 8 nitrogen and oxygen atoms in total. The van der Waals surface area contributed by atoms with E-state index in [2.05, 4.69) is 40.8 Å². The Morgan fingerprint density at radius 2 is 1.82 bits per heavy atom. The second-order valence-electron chi connectivity index (χ2n) is 10.8. The Balaban J connectivity index is 0.00000420. The largest absolute Gasteiger partial charge is 0.492 e. The van der Waals surface area contributed by atoms with Gasteiger partial charge in [-0.1, -0.05) is 62.7 Å². The number of carbonyl (C=O) groups is 1. The lowest BCUT2D eigenvalue weighted by molar-refractivity contribution is -0.122. The van der Waals surface area contributed by atoms with Crippen LogP contribution in [0.1, 0.15) is 51.2 Å². The van der Waals surface area contributed by atoms with Crippen LogP contribution in [0, 0.1) is 5.92 Å². The van der Waals surface area contributed by atoms with Gasteiger partial charge in [0.25, 0.3) is 0 Å². The fourth-order valence-electron chi connectivity index (χ4n) is 5.19. The minimum Gasteiger partial charge on any atom is -0.492 e. The molecule has 2 atom stereocenters. The molecular formula is C29H42BClN4O4. The van der Waals surface area contributed by atoms with E-state index in [1.165, 1.54) is 19.3 Å². The van der Waals surface area contributed by atoms with E-state index in [9.17, 15) is 14.8 Å². The number of likely N-dealkylation sites (tertiary alicyclic amines) is 1. The number of hydrazine groups is 1. The quantitative estimate of drug-likeness (QED) is 0.316. The van der Waals surface area contributed by atoms with Crippen LogP contribution < -0.4 is 15.5 Å². The lowest BCUT2D eigenvalue weighted by Gasteiger charge is -2.30. The minimum absolute atomic E-state index is 0. The van der Waals surface area contributed by atoms with Gasteiger partial charge in [-0.15, -0.1) is 12.4 Å². The number of hydrogen-bond donors (Lipinski definition) is 4. The van der Waals surface area contributed by atoms with E-state index in [1.807, 2.05) is 61.3 Å². The number of ether oxygens (including phenoxy) is 1. The van der Waals surface area contributed by atoms with Crippen LogP contribution in [-0.4, -0.2) is 71.7 Å². The van der Waals surface area contributed by atoms with Gasteiger partial charge in [0.1, 0.15) is 18.9 Å². The van der Waals surface area contributed by atoms with Crippen LogP contribution in [0.5, 0.6) is 5.75 Å². The first-order valence-electron chi connectivity index (χ1n) is 13.7. The molecular weight excluding hydrogens is 515 g/mol. The molecule has 39 heavy (non-hydrogen) atoms. The molecule has 2 aromatic rings. The summed E-state index contributed by atoms with van der Waals surface area (Å²) in [4.78, 5) is 15.4. The number of piperidine rings is 1. The van der Waals surface area contributed by atoms with Crippen LogP contribution in [0.15, 0.2) is 60.7 Å². The molecule has 0 aromatic heterocycles. The highest BCUT2D eigenvalue weighted by Gasteiger charge is 2.37. The minimum atomic E-state index is -1.63. The van der Waals surface area contributed by atoms with Crippen molar-refractivity contribution >= 4 is 31.1 Å². The van der Waals surface area contributed by atoms with Gasteiger partial charge in [-0.2, -0.15) is 0 Å². The lowest BCUT2D eigenvalue weighted by Crippen LogP contribution is -2.53. The Labute approximate surface area is 238 Å². The van der Waals surface area contributed by atoms with E-state index in [0.29, 0.717) is 6.61 Å². The Kier molecular flexibility index (Phi) is 11.3. The Morgan fingerprint density at radius 3 is 2.49 bits per heavy atom. The summed E-state index contributed by atoms with van der Waals surface area (Å²) in [6.45, 7) is 9.65. The molecule has 4 rings (SSSR count). The molecule has 0 spiro atoms. The first kappa shape index (κ1) is 31.0. The predicted molar refractivity (Wildman–Crippen MR) is 158 cm³/mol. The maximum atomic E-state index is 13.0.